The van der Waals surface area contributed by atoms with Crippen LogP contribution in [0, 0.1) is 0 Å². The van der Waals surface area contributed by atoms with Crippen molar-refractivity contribution in [3.63, 3.8) is 0 Å². The van der Waals surface area contributed by atoms with E-state index in [4.69, 9.17) is 5.11 Å². The van der Waals surface area contributed by atoms with Gasteiger partial charge in [0.2, 0.25) is 0 Å². The van der Waals surface area contributed by atoms with Crippen molar-refractivity contribution in [1.29, 1.82) is 0 Å². The van der Waals surface area contributed by atoms with Crippen molar-refractivity contribution >= 4 is 44.8 Å². The van der Waals surface area contributed by atoms with Gasteiger partial charge in [-0.15, -0.1) is 23.1 Å². The van der Waals surface area contributed by atoms with Crippen LogP contribution in [0.4, 0.5) is 5.69 Å². The third-order valence-electron chi connectivity index (χ3n) is 3.80. The number of carboxylic acids is 1. The number of para-hydroxylation sites is 1. The first kappa shape index (κ1) is 16.4. The third-order valence-corrected chi connectivity index (χ3v) is 8.48. The van der Waals surface area contributed by atoms with Gasteiger partial charge < -0.3 is 5.11 Å². The minimum atomic E-state index is -3.80. The second-order valence-corrected chi connectivity index (χ2v) is 9.66. The predicted molar refractivity (Wildman–Crippen MR) is 92.2 cm³/mol. The van der Waals surface area contributed by atoms with Gasteiger partial charge in [-0.25, -0.2) is 13.2 Å². The fourth-order valence-corrected chi connectivity index (χ4v) is 6.74. The lowest BCUT2D eigenvalue weighted by molar-refractivity contribution is 0.0697. The van der Waals surface area contributed by atoms with Gasteiger partial charge >= 0.3 is 5.97 Å². The van der Waals surface area contributed by atoms with Crippen molar-refractivity contribution in [2.75, 3.05) is 4.31 Å². The molecule has 0 amide bonds. The highest BCUT2D eigenvalue weighted by molar-refractivity contribution is 8.00. The molecule has 0 unspecified atom stereocenters. The highest BCUT2D eigenvalue weighted by Crippen LogP contribution is 2.44. The third kappa shape index (κ3) is 2.75. The highest BCUT2D eigenvalue weighted by Gasteiger charge is 2.38. The first-order valence-electron chi connectivity index (χ1n) is 6.94. The number of nitrogens with zero attached hydrogens (tertiary/aromatic N) is 1. The number of rotatable bonds is 3. The standard InChI is InChI=1S/C15H15NO4S3/c1-9-10(2)22-13-6-4-3-5-12(13)16(9)23(19,20)14-7-11(8-21-14)15(17)18/h3-10H,1-2H3,(H,17,18)/t9-,10-/m1/s1. The Balaban J connectivity index is 2.12. The molecule has 0 fully saturated rings. The van der Waals surface area contributed by atoms with Crippen molar-refractivity contribution in [3.05, 3.63) is 41.3 Å². The second kappa shape index (κ2) is 5.85. The van der Waals surface area contributed by atoms with E-state index in [1.54, 1.807) is 17.8 Å². The van der Waals surface area contributed by atoms with E-state index < -0.39 is 16.0 Å². The Labute approximate surface area is 143 Å². The van der Waals surface area contributed by atoms with Crippen LogP contribution in [0.3, 0.4) is 0 Å². The van der Waals surface area contributed by atoms with Gasteiger partial charge in [0.15, 0.2) is 0 Å². The Hall–Kier alpha value is -1.51. The fraction of sp³-hybridized carbons (Fsp3) is 0.267. The number of aromatic carboxylic acids is 1. The van der Waals surface area contributed by atoms with Gasteiger partial charge in [0.1, 0.15) is 4.21 Å². The maximum absolute atomic E-state index is 13.1. The van der Waals surface area contributed by atoms with Crippen LogP contribution in [0.25, 0.3) is 0 Å². The molecule has 122 valence electrons. The highest BCUT2D eigenvalue weighted by atomic mass is 32.2. The molecule has 2 atom stereocenters. The van der Waals surface area contributed by atoms with Crippen molar-refractivity contribution in [1.82, 2.24) is 0 Å². The quantitative estimate of drug-likeness (QED) is 0.896. The molecule has 0 saturated heterocycles. The zero-order chi connectivity index (χ0) is 16.8. The van der Waals surface area contributed by atoms with Gasteiger partial charge in [0.05, 0.1) is 17.3 Å². The number of fused-ring (bicyclic) bond motifs is 1. The van der Waals surface area contributed by atoms with Crippen molar-refractivity contribution < 1.29 is 18.3 Å². The van der Waals surface area contributed by atoms with Crippen molar-refractivity contribution in [3.8, 4) is 0 Å². The van der Waals surface area contributed by atoms with Crippen LogP contribution in [0.2, 0.25) is 0 Å². The zero-order valence-electron chi connectivity index (χ0n) is 12.5. The minimum Gasteiger partial charge on any atom is -0.478 e. The molecule has 0 saturated carbocycles. The number of benzene rings is 1. The van der Waals surface area contributed by atoms with Gasteiger partial charge in [-0.1, -0.05) is 19.1 Å². The molecule has 1 aromatic carbocycles. The molecule has 0 bridgehead atoms. The van der Waals surface area contributed by atoms with Crippen LogP contribution >= 0.6 is 23.1 Å². The first-order valence-corrected chi connectivity index (χ1v) is 10.1. The summed E-state index contributed by atoms with van der Waals surface area (Å²) in [5, 5.41) is 10.5. The predicted octanol–water partition coefficient (Wildman–Crippen LogP) is 3.52. The lowest BCUT2D eigenvalue weighted by Crippen LogP contribution is -2.45. The average Bonchev–Trinajstić information content (AvgIpc) is 2.99. The number of thioether (sulfide) groups is 1. The van der Waals surface area contributed by atoms with Crippen molar-refractivity contribution in [2.24, 2.45) is 0 Å². The number of sulfonamides is 1. The number of thiophene rings is 1. The van der Waals surface area contributed by atoms with Crippen LogP contribution in [0.1, 0.15) is 24.2 Å². The Morgan fingerprint density at radius 2 is 1.96 bits per heavy atom. The van der Waals surface area contributed by atoms with Crippen LogP contribution in [-0.4, -0.2) is 30.8 Å². The maximum atomic E-state index is 13.1. The first-order chi connectivity index (χ1) is 10.8. The van der Waals surface area contributed by atoms with Crippen LogP contribution < -0.4 is 4.31 Å². The topological polar surface area (TPSA) is 74.7 Å². The maximum Gasteiger partial charge on any atom is 0.336 e. The van der Waals surface area contributed by atoms with Gasteiger partial charge in [-0.3, -0.25) is 4.31 Å². The molecule has 8 heteroatoms. The van der Waals surface area contributed by atoms with Gasteiger partial charge in [0, 0.05) is 15.5 Å². The van der Waals surface area contributed by atoms with E-state index >= 15 is 0 Å². The van der Waals surface area contributed by atoms with E-state index in [1.807, 2.05) is 32.0 Å². The lowest BCUT2D eigenvalue weighted by Gasteiger charge is -2.38. The summed E-state index contributed by atoms with van der Waals surface area (Å²) in [5.41, 5.74) is 0.641. The number of carbonyl (C=O) groups is 1. The van der Waals surface area contributed by atoms with Gasteiger partial charge in [-0.2, -0.15) is 0 Å². The Kier molecular flexibility index (Phi) is 4.16. The Bertz CT molecular complexity index is 859. The van der Waals surface area contributed by atoms with Crippen molar-refractivity contribution in [2.45, 2.75) is 34.2 Å². The summed E-state index contributed by atoms with van der Waals surface area (Å²) in [4.78, 5) is 11.9. The molecule has 0 spiro atoms. The second-order valence-electron chi connectivity index (χ2n) is 5.29. The van der Waals surface area contributed by atoms with Crippen LogP contribution in [0.5, 0.6) is 0 Å². The van der Waals surface area contributed by atoms with E-state index in [9.17, 15) is 13.2 Å². The number of hydrogen-bond donors (Lipinski definition) is 1. The summed E-state index contributed by atoms with van der Waals surface area (Å²) in [7, 11) is -3.80. The van der Waals surface area contributed by atoms with E-state index in [2.05, 4.69) is 0 Å². The van der Waals surface area contributed by atoms with Gasteiger partial charge in [0.25, 0.3) is 10.0 Å². The molecule has 1 aliphatic rings. The molecule has 0 aliphatic carbocycles. The molecule has 3 rings (SSSR count). The van der Waals surface area contributed by atoms with E-state index in [1.165, 1.54) is 15.8 Å². The molecule has 2 aromatic rings. The summed E-state index contributed by atoms with van der Waals surface area (Å²) in [6.07, 6.45) is 0. The van der Waals surface area contributed by atoms with E-state index in [0.717, 1.165) is 16.2 Å². The number of anilines is 1. The molecule has 1 aromatic heterocycles. The summed E-state index contributed by atoms with van der Waals surface area (Å²) in [6, 6.07) is 8.38. The zero-order valence-corrected chi connectivity index (χ0v) is 14.9. The lowest BCUT2D eigenvalue weighted by atomic mass is 10.2. The molecule has 5 nitrogen and oxygen atoms in total. The smallest absolute Gasteiger partial charge is 0.336 e. The summed E-state index contributed by atoms with van der Waals surface area (Å²) in [6.45, 7) is 3.86. The van der Waals surface area contributed by atoms with E-state index in [-0.39, 0.29) is 21.1 Å². The fourth-order valence-electron chi connectivity index (χ4n) is 2.46. The minimum absolute atomic E-state index is 0.00561. The summed E-state index contributed by atoms with van der Waals surface area (Å²) in [5.74, 6) is -1.13. The van der Waals surface area contributed by atoms with Gasteiger partial charge in [-0.05, 0) is 25.1 Å². The molecular formula is C15H15NO4S3. The molecule has 23 heavy (non-hydrogen) atoms. The SMILES string of the molecule is C[C@@H]1[C@@H](C)Sc2ccccc2N1S(=O)(=O)c1cc(C(=O)O)cs1. The largest absolute Gasteiger partial charge is 0.478 e. The molecule has 1 aliphatic heterocycles. The normalized spacial score (nSPS) is 21.0. The summed E-state index contributed by atoms with van der Waals surface area (Å²) >= 11 is 2.59. The monoisotopic (exact) mass is 369 g/mol. The summed E-state index contributed by atoms with van der Waals surface area (Å²) < 4.78 is 27.6. The molecule has 2 heterocycles. The Morgan fingerprint density at radius 3 is 2.61 bits per heavy atom. The van der Waals surface area contributed by atoms with Crippen LogP contribution in [-0.2, 0) is 10.0 Å². The molecule has 0 radical (unpaired) electrons. The Morgan fingerprint density at radius 1 is 1.26 bits per heavy atom. The van der Waals surface area contributed by atoms with E-state index in [0.29, 0.717) is 5.69 Å². The molecular weight excluding hydrogens is 354 g/mol. The number of carboxylic acid groups (broad SMARTS) is 1. The average molecular weight is 369 g/mol. The van der Waals surface area contributed by atoms with Crippen LogP contribution in [0.15, 0.2) is 44.8 Å². The molecule has 1 N–H and O–H groups in total. The number of hydrogen-bond acceptors (Lipinski definition) is 5.